The van der Waals surface area contributed by atoms with Crippen LogP contribution in [0.5, 0.6) is 5.75 Å². The second-order valence-corrected chi connectivity index (χ2v) is 8.46. The first-order chi connectivity index (χ1) is 14.4. The SMILES string of the molecule is COc1ccc2c(c1)c(C(=O)CN1CCN(c3cc(Cl)ccc3C)CC1)c(C)n2C. The molecule has 0 spiro atoms. The summed E-state index contributed by atoms with van der Waals surface area (Å²) in [6.07, 6.45) is 0. The summed E-state index contributed by atoms with van der Waals surface area (Å²) in [6.45, 7) is 8.03. The van der Waals surface area contributed by atoms with Crippen LogP contribution < -0.4 is 9.64 Å². The van der Waals surface area contributed by atoms with Gasteiger partial charge in [0.15, 0.2) is 5.78 Å². The van der Waals surface area contributed by atoms with Crippen LogP contribution in [0.2, 0.25) is 5.02 Å². The molecule has 0 saturated carbocycles. The Morgan fingerprint density at radius 2 is 1.80 bits per heavy atom. The topological polar surface area (TPSA) is 37.7 Å². The molecule has 1 aromatic heterocycles. The molecule has 0 aliphatic carbocycles. The fraction of sp³-hybridized carbons (Fsp3) is 0.375. The van der Waals surface area contributed by atoms with Gasteiger partial charge in [-0.25, -0.2) is 0 Å². The highest BCUT2D eigenvalue weighted by Crippen LogP contribution is 2.30. The van der Waals surface area contributed by atoms with Crippen molar-refractivity contribution in [3.05, 3.63) is 58.2 Å². The number of fused-ring (bicyclic) bond motifs is 1. The summed E-state index contributed by atoms with van der Waals surface area (Å²) >= 11 is 6.19. The predicted octanol–water partition coefficient (Wildman–Crippen LogP) is 4.46. The van der Waals surface area contributed by atoms with E-state index < -0.39 is 0 Å². The first kappa shape index (κ1) is 20.8. The van der Waals surface area contributed by atoms with Crippen molar-refractivity contribution < 1.29 is 9.53 Å². The van der Waals surface area contributed by atoms with Crippen molar-refractivity contribution in [2.24, 2.45) is 7.05 Å². The van der Waals surface area contributed by atoms with Gasteiger partial charge in [0.05, 0.1) is 13.7 Å². The molecule has 2 aromatic carbocycles. The van der Waals surface area contributed by atoms with Gasteiger partial charge in [-0.1, -0.05) is 17.7 Å². The van der Waals surface area contributed by atoms with Crippen molar-refractivity contribution in [1.82, 2.24) is 9.47 Å². The van der Waals surface area contributed by atoms with Gasteiger partial charge in [0.2, 0.25) is 0 Å². The van der Waals surface area contributed by atoms with Crippen LogP contribution in [0.25, 0.3) is 10.9 Å². The number of piperazine rings is 1. The number of Topliss-reactive ketones (excluding diaryl/α,β-unsaturated/α-hetero) is 1. The normalized spacial score (nSPS) is 15.0. The molecule has 1 aliphatic rings. The van der Waals surface area contributed by atoms with E-state index in [-0.39, 0.29) is 5.78 Å². The highest BCUT2D eigenvalue weighted by Gasteiger charge is 2.24. The molecule has 0 amide bonds. The third-order valence-electron chi connectivity index (χ3n) is 6.23. The maximum atomic E-state index is 13.3. The lowest BCUT2D eigenvalue weighted by Gasteiger charge is -2.36. The van der Waals surface area contributed by atoms with E-state index in [1.54, 1.807) is 7.11 Å². The molecule has 5 nitrogen and oxygen atoms in total. The minimum Gasteiger partial charge on any atom is -0.497 e. The molecule has 158 valence electrons. The van der Waals surface area contributed by atoms with Gasteiger partial charge in [-0.2, -0.15) is 0 Å². The molecular weight excluding hydrogens is 398 g/mol. The number of methoxy groups -OCH3 is 1. The molecule has 1 aliphatic heterocycles. The van der Waals surface area contributed by atoms with Crippen LogP contribution in [0.3, 0.4) is 0 Å². The zero-order valence-corrected chi connectivity index (χ0v) is 18.8. The molecule has 0 atom stereocenters. The number of carbonyl (C=O) groups excluding carboxylic acids is 1. The van der Waals surface area contributed by atoms with E-state index in [4.69, 9.17) is 16.3 Å². The number of benzene rings is 2. The van der Waals surface area contributed by atoms with E-state index in [1.165, 1.54) is 11.3 Å². The van der Waals surface area contributed by atoms with Crippen molar-refractivity contribution in [1.29, 1.82) is 0 Å². The lowest BCUT2D eigenvalue weighted by Crippen LogP contribution is -2.48. The van der Waals surface area contributed by atoms with Crippen LogP contribution >= 0.6 is 11.6 Å². The molecule has 0 bridgehead atoms. The van der Waals surface area contributed by atoms with Gasteiger partial charge in [0.25, 0.3) is 0 Å². The quantitative estimate of drug-likeness (QED) is 0.565. The zero-order chi connectivity index (χ0) is 21.4. The number of carbonyl (C=O) groups is 1. The number of halogens is 1. The average Bonchev–Trinajstić information content (AvgIpc) is 3.00. The van der Waals surface area contributed by atoms with Crippen LogP contribution in [0.15, 0.2) is 36.4 Å². The molecule has 2 heterocycles. The van der Waals surface area contributed by atoms with E-state index in [1.807, 2.05) is 44.3 Å². The molecule has 6 heteroatoms. The van der Waals surface area contributed by atoms with Gasteiger partial charge in [-0.15, -0.1) is 0 Å². The van der Waals surface area contributed by atoms with E-state index in [9.17, 15) is 4.79 Å². The van der Waals surface area contributed by atoms with Gasteiger partial charge in [0.1, 0.15) is 5.75 Å². The molecule has 1 fully saturated rings. The molecule has 0 radical (unpaired) electrons. The number of ketones is 1. The van der Waals surface area contributed by atoms with Crippen LogP contribution in [-0.2, 0) is 7.05 Å². The Hall–Kier alpha value is -2.50. The summed E-state index contributed by atoms with van der Waals surface area (Å²) in [5.41, 5.74) is 5.27. The number of aromatic nitrogens is 1. The number of hydrogen-bond acceptors (Lipinski definition) is 4. The zero-order valence-electron chi connectivity index (χ0n) is 18.0. The fourth-order valence-corrected chi connectivity index (χ4v) is 4.55. The summed E-state index contributed by atoms with van der Waals surface area (Å²) in [5, 5.41) is 1.72. The van der Waals surface area contributed by atoms with E-state index in [0.29, 0.717) is 6.54 Å². The third-order valence-corrected chi connectivity index (χ3v) is 6.46. The highest BCUT2D eigenvalue weighted by molar-refractivity contribution is 6.30. The molecule has 1 saturated heterocycles. The second-order valence-electron chi connectivity index (χ2n) is 8.02. The lowest BCUT2D eigenvalue weighted by atomic mass is 10.1. The molecule has 3 aromatic rings. The number of anilines is 1. The van der Waals surface area contributed by atoms with Crippen LogP contribution in [0, 0.1) is 13.8 Å². The minimum absolute atomic E-state index is 0.165. The highest BCUT2D eigenvalue weighted by atomic mass is 35.5. The molecule has 0 unspecified atom stereocenters. The third kappa shape index (κ3) is 3.80. The van der Waals surface area contributed by atoms with Crippen LogP contribution in [-0.4, -0.2) is 55.1 Å². The largest absolute Gasteiger partial charge is 0.497 e. The smallest absolute Gasteiger partial charge is 0.179 e. The van der Waals surface area contributed by atoms with Gasteiger partial charge in [-0.05, 0) is 49.7 Å². The average molecular weight is 426 g/mol. The second kappa shape index (κ2) is 8.32. The van der Waals surface area contributed by atoms with Crippen molar-refractivity contribution in [2.75, 3.05) is 44.7 Å². The summed E-state index contributed by atoms with van der Waals surface area (Å²) in [6, 6.07) is 11.9. The van der Waals surface area contributed by atoms with Crippen LogP contribution in [0.4, 0.5) is 5.69 Å². The molecule has 0 N–H and O–H groups in total. The Kier molecular flexibility index (Phi) is 5.76. The standard InChI is InChI=1S/C24H28ClN3O2/c1-16-5-6-18(25)13-22(16)28-11-9-27(10-12-28)15-23(29)24-17(2)26(3)21-8-7-19(30-4)14-20(21)24/h5-8,13-14H,9-12,15H2,1-4H3. The monoisotopic (exact) mass is 425 g/mol. The number of hydrogen-bond donors (Lipinski definition) is 0. The number of nitrogens with zero attached hydrogens (tertiary/aromatic N) is 3. The van der Waals surface area contributed by atoms with Gasteiger partial charge in [0, 0.05) is 66.1 Å². The Morgan fingerprint density at radius 3 is 2.50 bits per heavy atom. The van der Waals surface area contributed by atoms with Gasteiger partial charge in [-0.3, -0.25) is 9.69 Å². The van der Waals surface area contributed by atoms with Crippen molar-refractivity contribution in [3.8, 4) is 5.75 Å². The maximum absolute atomic E-state index is 13.3. The van der Waals surface area contributed by atoms with E-state index in [0.717, 1.165) is 59.1 Å². The van der Waals surface area contributed by atoms with Gasteiger partial charge >= 0.3 is 0 Å². The van der Waals surface area contributed by atoms with E-state index in [2.05, 4.69) is 27.4 Å². The Labute approximate surface area is 182 Å². The summed E-state index contributed by atoms with van der Waals surface area (Å²) in [7, 11) is 3.66. The predicted molar refractivity (Wildman–Crippen MR) is 123 cm³/mol. The Morgan fingerprint density at radius 1 is 1.07 bits per heavy atom. The number of aryl methyl sites for hydroxylation is 2. The van der Waals surface area contributed by atoms with Crippen LogP contribution in [0.1, 0.15) is 21.6 Å². The molecular formula is C24H28ClN3O2. The fourth-order valence-electron chi connectivity index (χ4n) is 4.38. The number of rotatable bonds is 5. The molecule has 4 rings (SSSR count). The summed E-state index contributed by atoms with van der Waals surface area (Å²) in [5.74, 6) is 0.936. The van der Waals surface area contributed by atoms with Crippen molar-refractivity contribution in [2.45, 2.75) is 13.8 Å². The first-order valence-electron chi connectivity index (χ1n) is 10.3. The number of ether oxygens (including phenoxy) is 1. The summed E-state index contributed by atoms with van der Waals surface area (Å²) in [4.78, 5) is 17.9. The Bertz CT molecular complexity index is 1100. The molecule has 30 heavy (non-hydrogen) atoms. The maximum Gasteiger partial charge on any atom is 0.179 e. The van der Waals surface area contributed by atoms with Crippen molar-refractivity contribution in [3.63, 3.8) is 0 Å². The minimum atomic E-state index is 0.165. The first-order valence-corrected chi connectivity index (χ1v) is 10.7. The Balaban J connectivity index is 1.49. The van der Waals surface area contributed by atoms with Crippen molar-refractivity contribution >= 4 is 34.0 Å². The van der Waals surface area contributed by atoms with Gasteiger partial charge < -0.3 is 14.2 Å². The summed E-state index contributed by atoms with van der Waals surface area (Å²) < 4.78 is 7.47. The van der Waals surface area contributed by atoms with E-state index >= 15 is 0 Å². The lowest BCUT2D eigenvalue weighted by molar-refractivity contribution is 0.0927.